The highest BCUT2D eigenvalue weighted by Gasteiger charge is 2.23. The fourth-order valence-electron chi connectivity index (χ4n) is 2.13. The van der Waals surface area contributed by atoms with Crippen LogP contribution in [0.3, 0.4) is 0 Å². The number of hydrogen-bond donors (Lipinski definition) is 1. The predicted molar refractivity (Wildman–Crippen MR) is 71.6 cm³/mol. The fraction of sp³-hybridized carbons (Fsp3) is 0.923. The van der Waals surface area contributed by atoms with E-state index in [9.17, 15) is 5.26 Å². The van der Waals surface area contributed by atoms with Crippen LogP contribution in [-0.4, -0.2) is 23.6 Å². The summed E-state index contributed by atoms with van der Waals surface area (Å²) in [5.41, 5.74) is -0.334. The summed E-state index contributed by atoms with van der Waals surface area (Å²) in [6.45, 7) is 5.09. The topological polar surface area (TPSA) is 35.8 Å². The Morgan fingerprint density at radius 3 is 2.69 bits per heavy atom. The average molecular weight is 240 g/mol. The number of nitrogens with one attached hydrogen (secondary N) is 1. The predicted octanol–water partition coefficient (Wildman–Crippen LogP) is 3.19. The van der Waals surface area contributed by atoms with Crippen LogP contribution in [0.25, 0.3) is 0 Å². The zero-order valence-electron chi connectivity index (χ0n) is 10.6. The lowest BCUT2D eigenvalue weighted by atomic mass is 10.1. The summed E-state index contributed by atoms with van der Waals surface area (Å²) in [5, 5.41) is 12.5. The summed E-state index contributed by atoms with van der Waals surface area (Å²) >= 11 is 1.95. The van der Waals surface area contributed by atoms with E-state index in [1.165, 1.54) is 31.4 Å². The van der Waals surface area contributed by atoms with Crippen LogP contribution < -0.4 is 5.32 Å². The van der Waals surface area contributed by atoms with E-state index in [-0.39, 0.29) is 5.54 Å². The quantitative estimate of drug-likeness (QED) is 0.742. The molecule has 2 nitrogen and oxygen atoms in total. The lowest BCUT2D eigenvalue weighted by molar-refractivity contribution is 0.492. The van der Waals surface area contributed by atoms with Crippen molar-refractivity contribution in [2.75, 3.05) is 18.1 Å². The molecule has 1 saturated carbocycles. The first kappa shape index (κ1) is 13.9. The molecule has 16 heavy (non-hydrogen) atoms. The van der Waals surface area contributed by atoms with E-state index in [0.717, 1.165) is 24.6 Å². The van der Waals surface area contributed by atoms with E-state index in [1.807, 2.05) is 18.7 Å². The van der Waals surface area contributed by atoms with E-state index in [4.69, 9.17) is 0 Å². The molecule has 0 radical (unpaired) electrons. The van der Waals surface area contributed by atoms with Crippen molar-refractivity contribution in [3.63, 3.8) is 0 Å². The van der Waals surface area contributed by atoms with Crippen molar-refractivity contribution in [2.45, 2.75) is 51.5 Å². The van der Waals surface area contributed by atoms with Crippen LogP contribution in [0.5, 0.6) is 0 Å². The van der Waals surface area contributed by atoms with Gasteiger partial charge in [0.1, 0.15) is 5.54 Å². The molecule has 0 heterocycles. The molecule has 0 amide bonds. The largest absolute Gasteiger partial charge is 0.299 e. The summed E-state index contributed by atoms with van der Waals surface area (Å²) < 4.78 is 0. The third kappa shape index (κ3) is 4.76. The molecular formula is C13H24N2S. The van der Waals surface area contributed by atoms with Gasteiger partial charge in [0.2, 0.25) is 0 Å². The lowest BCUT2D eigenvalue weighted by Gasteiger charge is -2.23. The Balaban J connectivity index is 2.19. The molecule has 1 atom stereocenters. The maximum Gasteiger partial charge on any atom is 0.113 e. The monoisotopic (exact) mass is 240 g/mol. The zero-order chi connectivity index (χ0) is 11.9. The van der Waals surface area contributed by atoms with E-state index < -0.39 is 0 Å². The minimum atomic E-state index is -0.334. The molecule has 1 N–H and O–H groups in total. The maximum absolute atomic E-state index is 9.18. The molecule has 0 spiro atoms. The van der Waals surface area contributed by atoms with Gasteiger partial charge in [0, 0.05) is 5.75 Å². The minimum absolute atomic E-state index is 0.334. The molecule has 3 heteroatoms. The third-order valence-electron chi connectivity index (χ3n) is 3.23. The first-order valence-corrected chi connectivity index (χ1v) is 7.59. The van der Waals surface area contributed by atoms with Crippen LogP contribution in [0.4, 0.5) is 0 Å². The van der Waals surface area contributed by atoms with E-state index >= 15 is 0 Å². The van der Waals surface area contributed by atoms with Gasteiger partial charge in [-0.1, -0.05) is 19.8 Å². The normalized spacial score (nSPS) is 20.6. The molecule has 1 rings (SSSR count). The van der Waals surface area contributed by atoms with E-state index in [1.54, 1.807) is 0 Å². The fourth-order valence-corrected chi connectivity index (χ4v) is 3.49. The van der Waals surface area contributed by atoms with E-state index in [0.29, 0.717) is 0 Å². The van der Waals surface area contributed by atoms with Gasteiger partial charge in [0.05, 0.1) is 6.07 Å². The number of rotatable bonds is 7. The van der Waals surface area contributed by atoms with Crippen LogP contribution in [-0.2, 0) is 0 Å². The van der Waals surface area contributed by atoms with Crippen LogP contribution in [0.2, 0.25) is 0 Å². The maximum atomic E-state index is 9.18. The van der Waals surface area contributed by atoms with Crippen molar-refractivity contribution >= 4 is 11.8 Å². The summed E-state index contributed by atoms with van der Waals surface area (Å²) in [5.74, 6) is 3.07. The first-order valence-electron chi connectivity index (χ1n) is 6.44. The summed E-state index contributed by atoms with van der Waals surface area (Å²) in [6.07, 6.45) is 6.71. The van der Waals surface area contributed by atoms with Crippen LogP contribution >= 0.6 is 11.8 Å². The van der Waals surface area contributed by atoms with Crippen molar-refractivity contribution in [1.82, 2.24) is 5.32 Å². The van der Waals surface area contributed by atoms with Gasteiger partial charge in [0.25, 0.3) is 0 Å². The summed E-state index contributed by atoms with van der Waals surface area (Å²) in [4.78, 5) is 0. The molecule has 0 aromatic rings. The number of hydrogen-bond acceptors (Lipinski definition) is 3. The Labute approximate surface area is 104 Å². The molecular weight excluding hydrogens is 216 g/mol. The van der Waals surface area contributed by atoms with Crippen molar-refractivity contribution in [3.05, 3.63) is 0 Å². The van der Waals surface area contributed by atoms with Crippen LogP contribution in [0.1, 0.15) is 46.0 Å². The minimum Gasteiger partial charge on any atom is -0.299 e. The van der Waals surface area contributed by atoms with Gasteiger partial charge in [-0.3, -0.25) is 5.32 Å². The van der Waals surface area contributed by atoms with Crippen LogP contribution in [0, 0.1) is 17.2 Å². The van der Waals surface area contributed by atoms with Gasteiger partial charge in [0.15, 0.2) is 0 Å². The first-order chi connectivity index (χ1) is 7.70. The highest BCUT2D eigenvalue weighted by Crippen LogP contribution is 2.28. The Kier molecular flexibility index (Phi) is 6.23. The van der Waals surface area contributed by atoms with Crippen molar-refractivity contribution in [3.8, 4) is 6.07 Å². The molecule has 0 aliphatic heterocycles. The molecule has 1 aliphatic carbocycles. The smallest absolute Gasteiger partial charge is 0.113 e. The molecule has 1 unspecified atom stereocenters. The van der Waals surface area contributed by atoms with Gasteiger partial charge < -0.3 is 0 Å². The van der Waals surface area contributed by atoms with Crippen LogP contribution in [0.15, 0.2) is 0 Å². The van der Waals surface area contributed by atoms with Crippen molar-refractivity contribution in [1.29, 1.82) is 5.26 Å². The molecule has 1 fully saturated rings. The summed E-state index contributed by atoms with van der Waals surface area (Å²) in [7, 11) is 0. The second kappa shape index (κ2) is 7.19. The Morgan fingerprint density at radius 2 is 2.12 bits per heavy atom. The SMILES string of the molecule is CCCNC(C)(C#N)CSCC1CCCC1. The molecule has 0 bridgehead atoms. The number of nitrogens with zero attached hydrogens (tertiary/aromatic N) is 1. The van der Waals surface area contributed by atoms with Crippen molar-refractivity contribution < 1.29 is 0 Å². The molecule has 92 valence electrons. The second-order valence-electron chi connectivity index (χ2n) is 5.04. The number of nitriles is 1. The van der Waals surface area contributed by atoms with Crippen molar-refractivity contribution in [2.24, 2.45) is 5.92 Å². The van der Waals surface area contributed by atoms with Gasteiger partial charge in [-0.25, -0.2) is 0 Å². The highest BCUT2D eigenvalue weighted by molar-refractivity contribution is 7.99. The van der Waals surface area contributed by atoms with Gasteiger partial charge in [-0.2, -0.15) is 17.0 Å². The third-order valence-corrected chi connectivity index (χ3v) is 4.72. The zero-order valence-corrected chi connectivity index (χ0v) is 11.4. The Morgan fingerprint density at radius 1 is 1.44 bits per heavy atom. The Hall–Kier alpha value is -0.200. The molecule has 0 aromatic carbocycles. The van der Waals surface area contributed by atoms with Gasteiger partial charge in [-0.05, 0) is 44.4 Å². The number of thioether (sulfide) groups is 1. The second-order valence-corrected chi connectivity index (χ2v) is 6.07. The molecule has 0 saturated heterocycles. The standard InChI is InChI=1S/C13H24N2S/c1-3-8-15-13(2,10-14)11-16-9-12-6-4-5-7-12/h12,15H,3-9,11H2,1-2H3. The lowest BCUT2D eigenvalue weighted by Crippen LogP contribution is -2.43. The average Bonchev–Trinajstić information content (AvgIpc) is 2.79. The van der Waals surface area contributed by atoms with Gasteiger partial charge >= 0.3 is 0 Å². The Bertz CT molecular complexity index is 231. The highest BCUT2D eigenvalue weighted by atomic mass is 32.2. The molecule has 1 aliphatic rings. The van der Waals surface area contributed by atoms with E-state index in [2.05, 4.69) is 18.3 Å². The molecule has 0 aromatic heterocycles. The summed E-state index contributed by atoms with van der Waals surface area (Å²) in [6, 6.07) is 2.41. The van der Waals surface area contributed by atoms with Gasteiger partial charge in [-0.15, -0.1) is 0 Å².